The van der Waals surface area contributed by atoms with Crippen molar-refractivity contribution >= 4 is 17.4 Å². The maximum Gasteiger partial charge on any atom is 0.223 e. The molecule has 0 saturated carbocycles. The van der Waals surface area contributed by atoms with Crippen LogP contribution in [0, 0.1) is 13.8 Å². The van der Waals surface area contributed by atoms with E-state index >= 15 is 0 Å². The van der Waals surface area contributed by atoms with Gasteiger partial charge in [0.25, 0.3) is 0 Å². The number of nitrogens with zero attached hydrogens (tertiary/aromatic N) is 4. The summed E-state index contributed by atoms with van der Waals surface area (Å²) in [5.74, 6) is 0.901. The molecule has 0 aliphatic carbocycles. The summed E-state index contributed by atoms with van der Waals surface area (Å²) < 4.78 is 5.89. The minimum Gasteiger partial charge on any atom is -0.368 e. The summed E-state index contributed by atoms with van der Waals surface area (Å²) >= 11 is 0. The molecule has 1 saturated heterocycles. The van der Waals surface area contributed by atoms with Gasteiger partial charge in [-0.1, -0.05) is 6.07 Å². The number of anilines is 2. The van der Waals surface area contributed by atoms with Gasteiger partial charge in [0.1, 0.15) is 11.9 Å². The fraction of sp³-hybridized carbons (Fsp3) is 0.364. The van der Waals surface area contributed by atoms with Crippen LogP contribution in [0.15, 0.2) is 42.7 Å². The lowest BCUT2D eigenvalue weighted by molar-refractivity contribution is -0.139. The van der Waals surface area contributed by atoms with Crippen LogP contribution in [0.5, 0.6) is 0 Å². The number of carbonyl (C=O) groups is 1. The minimum atomic E-state index is -0.219. The molecule has 3 aromatic rings. The van der Waals surface area contributed by atoms with Crippen molar-refractivity contribution in [1.29, 1.82) is 0 Å². The number of aromatic nitrogens is 4. The zero-order valence-electron chi connectivity index (χ0n) is 17.3. The van der Waals surface area contributed by atoms with Gasteiger partial charge in [0.05, 0.1) is 36.4 Å². The summed E-state index contributed by atoms with van der Waals surface area (Å²) in [5.41, 5.74) is 4.80. The molecular weight excluding hydrogens is 380 g/mol. The van der Waals surface area contributed by atoms with E-state index in [1.54, 1.807) is 12.4 Å². The van der Waals surface area contributed by atoms with Crippen LogP contribution in [-0.4, -0.2) is 50.7 Å². The Hall–Kier alpha value is -3.26. The summed E-state index contributed by atoms with van der Waals surface area (Å²) in [6.45, 7) is 5.59. The number of carbonyl (C=O) groups excluding carboxylic acids is 1. The largest absolute Gasteiger partial charge is 0.368 e. The van der Waals surface area contributed by atoms with Gasteiger partial charge in [-0.15, -0.1) is 0 Å². The molecule has 0 aromatic carbocycles. The lowest BCUT2D eigenvalue weighted by Crippen LogP contribution is -2.42. The Labute approximate surface area is 175 Å². The second kappa shape index (κ2) is 9.04. The van der Waals surface area contributed by atoms with Crippen LogP contribution in [-0.2, 0) is 16.0 Å². The van der Waals surface area contributed by atoms with Crippen LogP contribution in [0.1, 0.15) is 35.2 Å². The van der Waals surface area contributed by atoms with Crippen molar-refractivity contribution in [2.75, 3.05) is 25.0 Å². The molecule has 0 bridgehead atoms. The number of hydrogen-bond acceptors (Lipinski definition) is 6. The monoisotopic (exact) mass is 406 g/mol. The SMILES string of the molecule is Cc1n[nH]c(C)c1CCC(=O)N1CCOC(c2ccc(Nc3ccccn3)cn2)C1. The van der Waals surface area contributed by atoms with Crippen molar-refractivity contribution in [3.63, 3.8) is 0 Å². The van der Waals surface area contributed by atoms with Crippen molar-refractivity contribution in [1.82, 2.24) is 25.1 Å². The number of ether oxygens (including phenoxy) is 1. The Morgan fingerprint density at radius 1 is 1.27 bits per heavy atom. The summed E-state index contributed by atoms with van der Waals surface area (Å²) in [4.78, 5) is 23.4. The topological polar surface area (TPSA) is 96.0 Å². The van der Waals surface area contributed by atoms with Gasteiger partial charge >= 0.3 is 0 Å². The molecule has 8 heteroatoms. The number of hydrogen-bond donors (Lipinski definition) is 2. The van der Waals surface area contributed by atoms with Gasteiger partial charge in [-0.2, -0.15) is 5.10 Å². The lowest BCUT2D eigenvalue weighted by atomic mass is 10.1. The van der Waals surface area contributed by atoms with E-state index in [1.165, 1.54) is 0 Å². The molecule has 3 aromatic heterocycles. The zero-order valence-corrected chi connectivity index (χ0v) is 17.3. The fourth-order valence-electron chi connectivity index (χ4n) is 3.64. The van der Waals surface area contributed by atoms with Gasteiger partial charge in [0, 0.05) is 24.9 Å². The highest BCUT2D eigenvalue weighted by atomic mass is 16.5. The molecule has 1 fully saturated rings. The molecule has 156 valence electrons. The highest BCUT2D eigenvalue weighted by Crippen LogP contribution is 2.23. The third-order valence-electron chi connectivity index (χ3n) is 5.34. The number of nitrogens with one attached hydrogen (secondary N) is 2. The number of pyridine rings is 2. The van der Waals surface area contributed by atoms with E-state index in [9.17, 15) is 4.79 Å². The Morgan fingerprint density at radius 2 is 2.17 bits per heavy atom. The van der Waals surface area contributed by atoms with Gasteiger partial charge in [0.2, 0.25) is 5.91 Å². The first-order valence-corrected chi connectivity index (χ1v) is 10.1. The quantitative estimate of drug-likeness (QED) is 0.653. The first kappa shape index (κ1) is 20.0. The highest BCUT2D eigenvalue weighted by Gasteiger charge is 2.26. The van der Waals surface area contributed by atoms with E-state index in [-0.39, 0.29) is 12.0 Å². The molecule has 1 unspecified atom stereocenters. The number of rotatable bonds is 6. The second-order valence-corrected chi connectivity index (χ2v) is 7.42. The number of aryl methyl sites for hydroxylation is 2. The lowest BCUT2D eigenvalue weighted by Gasteiger charge is -2.32. The van der Waals surface area contributed by atoms with E-state index in [1.807, 2.05) is 49.1 Å². The Balaban J connectivity index is 1.34. The fourth-order valence-corrected chi connectivity index (χ4v) is 3.64. The molecule has 4 rings (SSSR count). The molecule has 0 spiro atoms. The van der Waals surface area contributed by atoms with Crippen LogP contribution < -0.4 is 5.32 Å². The first-order chi connectivity index (χ1) is 14.6. The van der Waals surface area contributed by atoms with Crippen molar-refractivity contribution in [2.24, 2.45) is 0 Å². The third-order valence-corrected chi connectivity index (χ3v) is 5.34. The summed E-state index contributed by atoms with van der Waals surface area (Å²) in [6.07, 6.45) is 4.44. The normalized spacial score (nSPS) is 16.5. The summed E-state index contributed by atoms with van der Waals surface area (Å²) in [7, 11) is 0. The Bertz CT molecular complexity index is 967. The van der Waals surface area contributed by atoms with Crippen molar-refractivity contribution in [2.45, 2.75) is 32.8 Å². The molecule has 1 aliphatic heterocycles. The first-order valence-electron chi connectivity index (χ1n) is 10.1. The molecule has 1 atom stereocenters. The van der Waals surface area contributed by atoms with E-state index in [2.05, 4.69) is 25.5 Å². The Kier molecular flexibility index (Phi) is 6.04. The number of morpholine rings is 1. The van der Waals surface area contributed by atoms with E-state index in [4.69, 9.17) is 4.74 Å². The molecule has 30 heavy (non-hydrogen) atoms. The van der Waals surface area contributed by atoms with E-state index in [0.717, 1.165) is 34.2 Å². The molecule has 2 N–H and O–H groups in total. The molecule has 4 heterocycles. The van der Waals surface area contributed by atoms with Gasteiger partial charge < -0.3 is 15.0 Å². The average Bonchev–Trinajstić information content (AvgIpc) is 3.10. The number of aromatic amines is 1. The molecule has 8 nitrogen and oxygen atoms in total. The summed E-state index contributed by atoms with van der Waals surface area (Å²) in [5, 5.41) is 10.4. The van der Waals surface area contributed by atoms with Gasteiger partial charge in [-0.25, -0.2) is 4.98 Å². The van der Waals surface area contributed by atoms with Crippen molar-refractivity contribution in [3.8, 4) is 0 Å². The van der Waals surface area contributed by atoms with Crippen molar-refractivity contribution < 1.29 is 9.53 Å². The van der Waals surface area contributed by atoms with Crippen LogP contribution in [0.3, 0.4) is 0 Å². The van der Waals surface area contributed by atoms with E-state index < -0.39 is 0 Å². The van der Waals surface area contributed by atoms with Gasteiger partial charge in [0.15, 0.2) is 0 Å². The predicted molar refractivity (Wildman–Crippen MR) is 113 cm³/mol. The number of H-pyrrole nitrogens is 1. The standard InChI is InChI=1S/C22H26N6O2/c1-15-18(16(2)27-26-15)7-9-22(29)28-11-12-30-20(14-28)19-8-6-17(13-24-19)25-21-5-3-4-10-23-21/h3-6,8,10,13,20H,7,9,11-12,14H2,1-2H3,(H,23,25)(H,26,27). The van der Waals surface area contributed by atoms with Gasteiger partial charge in [-0.05, 0) is 50.1 Å². The predicted octanol–water partition coefficient (Wildman–Crippen LogP) is 3.09. The third kappa shape index (κ3) is 4.65. The minimum absolute atomic E-state index is 0.136. The highest BCUT2D eigenvalue weighted by molar-refractivity contribution is 5.76. The maximum atomic E-state index is 12.8. The van der Waals surface area contributed by atoms with Crippen LogP contribution in [0.25, 0.3) is 0 Å². The van der Waals surface area contributed by atoms with Crippen molar-refractivity contribution in [3.05, 3.63) is 65.4 Å². The maximum absolute atomic E-state index is 12.8. The smallest absolute Gasteiger partial charge is 0.223 e. The average molecular weight is 406 g/mol. The van der Waals surface area contributed by atoms with Crippen LogP contribution >= 0.6 is 0 Å². The van der Waals surface area contributed by atoms with Gasteiger partial charge in [-0.3, -0.25) is 14.9 Å². The van der Waals surface area contributed by atoms with Crippen LogP contribution in [0.2, 0.25) is 0 Å². The van der Waals surface area contributed by atoms with Crippen LogP contribution in [0.4, 0.5) is 11.5 Å². The molecule has 1 aliphatic rings. The second-order valence-electron chi connectivity index (χ2n) is 7.42. The molecular formula is C22H26N6O2. The Morgan fingerprint density at radius 3 is 2.87 bits per heavy atom. The number of amides is 1. The molecule has 1 amide bonds. The van der Waals surface area contributed by atoms with E-state index in [0.29, 0.717) is 32.5 Å². The zero-order chi connectivity index (χ0) is 20.9. The molecule has 0 radical (unpaired) electrons. The summed E-state index contributed by atoms with van der Waals surface area (Å²) in [6, 6.07) is 9.58.